The normalized spacial score (nSPS) is 16.9. The van der Waals surface area contributed by atoms with Crippen molar-refractivity contribution in [3.8, 4) is 11.5 Å². The van der Waals surface area contributed by atoms with E-state index in [-0.39, 0.29) is 11.2 Å². The Hall–Kier alpha value is -1.36. The highest BCUT2D eigenvalue weighted by Gasteiger charge is 2.20. The zero-order chi connectivity index (χ0) is 15.9. The first-order valence-corrected chi connectivity index (χ1v) is 8.71. The molecule has 1 saturated carbocycles. The van der Waals surface area contributed by atoms with Crippen LogP contribution in [0.4, 0.5) is 0 Å². The van der Waals surface area contributed by atoms with Crippen molar-refractivity contribution < 1.29 is 14.3 Å². The molecule has 122 valence electrons. The van der Waals surface area contributed by atoms with Crippen LogP contribution >= 0.6 is 11.8 Å². The van der Waals surface area contributed by atoms with Gasteiger partial charge in [-0.1, -0.05) is 19.3 Å². The second kappa shape index (κ2) is 8.32. The molecule has 1 fully saturated rings. The van der Waals surface area contributed by atoms with Crippen molar-refractivity contribution in [2.75, 3.05) is 14.2 Å². The largest absolute Gasteiger partial charge is 0.493 e. The van der Waals surface area contributed by atoms with Crippen LogP contribution in [0, 0.1) is 0 Å². The maximum absolute atomic E-state index is 12.3. The maximum atomic E-state index is 12.3. The number of nitrogens with one attached hydrogen (secondary N) is 1. The summed E-state index contributed by atoms with van der Waals surface area (Å²) in [4.78, 5) is 13.3. The van der Waals surface area contributed by atoms with Crippen molar-refractivity contribution in [3.05, 3.63) is 18.2 Å². The first-order valence-electron chi connectivity index (χ1n) is 7.83. The van der Waals surface area contributed by atoms with Crippen LogP contribution in [-0.2, 0) is 4.79 Å². The molecule has 1 N–H and O–H groups in total. The molecule has 0 aromatic heterocycles. The molecule has 1 aliphatic carbocycles. The van der Waals surface area contributed by atoms with Gasteiger partial charge >= 0.3 is 0 Å². The fraction of sp³-hybridized carbons (Fsp3) is 0.588. The number of thioether (sulfide) groups is 1. The predicted molar refractivity (Wildman–Crippen MR) is 89.9 cm³/mol. The Kier molecular flexibility index (Phi) is 6.43. The van der Waals surface area contributed by atoms with Crippen molar-refractivity contribution in [2.24, 2.45) is 0 Å². The molecule has 0 unspecified atom stereocenters. The second-order valence-corrected chi connectivity index (χ2v) is 7.03. The molecular formula is C17H25NO3S. The van der Waals surface area contributed by atoms with E-state index in [9.17, 15) is 4.79 Å². The summed E-state index contributed by atoms with van der Waals surface area (Å²) in [6.45, 7) is 1.94. The summed E-state index contributed by atoms with van der Waals surface area (Å²) in [6.07, 6.45) is 5.96. The van der Waals surface area contributed by atoms with E-state index in [1.165, 1.54) is 19.3 Å². The molecule has 0 radical (unpaired) electrons. The van der Waals surface area contributed by atoms with Gasteiger partial charge in [-0.25, -0.2) is 0 Å². The first kappa shape index (κ1) is 17.0. The van der Waals surface area contributed by atoms with Crippen molar-refractivity contribution in [1.82, 2.24) is 5.32 Å². The summed E-state index contributed by atoms with van der Waals surface area (Å²) in [5.41, 5.74) is 0. The standard InChI is InChI=1S/C17H25NO3S/c1-12(17(19)18-13-7-5-4-6-8-13)22-14-9-10-15(20-2)16(11-14)21-3/h9-13H,4-8H2,1-3H3,(H,18,19)/t12-/m0/s1. The van der Waals surface area contributed by atoms with E-state index >= 15 is 0 Å². The highest BCUT2D eigenvalue weighted by Crippen LogP contribution is 2.33. The number of carbonyl (C=O) groups is 1. The molecule has 0 aliphatic heterocycles. The van der Waals surface area contributed by atoms with Crippen LogP contribution in [0.15, 0.2) is 23.1 Å². The molecule has 5 heteroatoms. The number of hydrogen-bond donors (Lipinski definition) is 1. The molecule has 4 nitrogen and oxygen atoms in total. The third kappa shape index (κ3) is 4.57. The molecule has 1 amide bonds. The van der Waals surface area contributed by atoms with Crippen LogP contribution in [0.1, 0.15) is 39.0 Å². The summed E-state index contributed by atoms with van der Waals surface area (Å²) >= 11 is 1.54. The van der Waals surface area contributed by atoms with Crippen molar-refractivity contribution >= 4 is 17.7 Å². The zero-order valence-corrected chi connectivity index (χ0v) is 14.4. The predicted octanol–water partition coefficient (Wildman–Crippen LogP) is 3.63. The average molecular weight is 323 g/mol. The quantitative estimate of drug-likeness (QED) is 0.812. The van der Waals surface area contributed by atoms with Gasteiger partial charge in [0.2, 0.25) is 5.91 Å². The van der Waals surface area contributed by atoms with Crippen LogP contribution in [0.5, 0.6) is 11.5 Å². The van der Waals surface area contributed by atoms with Gasteiger partial charge in [0.05, 0.1) is 19.5 Å². The van der Waals surface area contributed by atoms with Gasteiger partial charge in [0.15, 0.2) is 11.5 Å². The van der Waals surface area contributed by atoms with E-state index in [1.807, 2.05) is 25.1 Å². The minimum absolute atomic E-state index is 0.117. The van der Waals surface area contributed by atoms with Crippen LogP contribution < -0.4 is 14.8 Å². The van der Waals surface area contributed by atoms with E-state index in [0.717, 1.165) is 17.7 Å². The Morgan fingerprint density at radius 1 is 1.18 bits per heavy atom. The van der Waals surface area contributed by atoms with Crippen LogP contribution in [0.25, 0.3) is 0 Å². The lowest BCUT2D eigenvalue weighted by Crippen LogP contribution is -2.40. The summed E-state index contributed by atoms with van der Waals surface area (Å²) < 4.78 is 10.5. The minimum atomic E-state index is -0.125. The highest BCUT2D eigenvalue weighted by atomic mass is 32.2. The summed E-state index contributed by atoms with van der Waals surface area (Å²) in [7, 11) is 3.23. The van der Waals surface area contributed by atoms with Crippen LogP contribution in [0.3, 0.4) is 0 Å². The van der Waals surface area contributed by atoms with Gasteiger partial charge < -0.3 is 14.8 Å². The maximum Gasteiger partial charge on any atom is 0.233 e. The summed E-state index contributed by atoms with van der Waals surface area (Å²) in [5, 5.41) is 3.05. The number of hydrogen-bond acceptors (Lipinski definition) is 4. The van der Waals surface area contributed by atoms with Gasteiger partial charge in [-0.05, 0) is 38.0 Å². The fourth-order valence-corrected chi connectivity index (χ4v) is 3.62. The third-order valence-electron chi connectivity index (χ3n) is 3.99. The summed E-state index contributed by atoms with van der Waals surface area (Å²) in [5.74, 6) is 1.50. The topological polar surface area (TPSA) is 47.6 Å². The number of benzene rings is 1. The molecule has 22 heavy (non-hydrogen) atoms. The lowest BCUT2D eigenvalue weighted by atomic mass is 9.95. The van der Waals surface area contributed by atoms with E-state index in [1.54, 1.807) is 26.0 Å². The van der Waals surface area contributed by atoms with Gasteiger partial charge in [0.25, 0.3) is 0 Å². The van der Waals surface area contributed by atoms with E-state index < -0.39 is 0 Å². The van der Waals surface area contributed by atoms with Gasteiger partial charge in [-0.15, -0.1) is 11.8 Å². The number of rotatable bonds is 6. The molecular weight excluding hydrogens is 298 g/mol. The lowest BCUT2D eigenvalue weighted by molar-refractivity contribution is -0.121. The van der Waals surface area contributed by atoms with Crippen molar-refractivity contribution in [1.29, 1.82) is 0 Å². The first-order chi connectivity index (χ1) is 10.6. The van der Waals surface area contributed by atoms with Gasteiger partial charge in [0, 0.05) is 10.9 Å². The molecule has 1 aromatic carbocycles. The Morgan fingerprint density at radius 2 is 1.86 bits per heavy atom. The van der Waals surface area contributed by atoms with Crippen LogP contribution in [0.2, 0.25) is 0 Å². The van der Waals surface area contributed by atoms with Crippen molar-refractivity contribution in [3.63, 3.8) is 0 Å². The number of carbonyl (C=O) groups excluding carboxylic acids is 1. The average Bonchev–Trinajstić information content (AvgIpc) is 2.55. The molecule has 2 rings (SSSR count). The molecule has 0 bridgehead atoms. The van der Waals surface area contributed by atoms with E-state index in [2.05, 4.69) is 5.32 Å². The van der Waals surface area contributed by atoms with Crippen LogP contribution in [-0.4, -0.2) is 31.4 Å². The molecule has 1 atom stereocenters. The zero-order valence-electron chi connectivity index (χ0n) is 13.6. The van der Waals surface area contributed by atoms with Gasteiger partial charge in [-0.3, -0.25) is 4.79 Å². The molecule has 1 aliphatic rings. The van der Waals surface area contributed by atoms with Gasteiger partial charge in [0.1, 0.15) is 0 Å². The minimum Gasteiger partial charge on any atom is -0.493 e. The van der Waals surface area contributed by atoms with E-state index in [0.29, 0.717) is 17.5 Å². The molecule has 0 spiro atoms. The smallest absolute Gasteiger partial charge is 0.233 e. The number of methoxy groups -OCH3 is 2. The monoisotopic (exact) mass is 323 g/mol. The SMILES string of the molecule is COc1ccc(S[C@@H](C)C(=O)NC2CCCCC2)cc1OC. The van der Waals surface area contributed by atoms with Gasteiger partial charge in [-0.2, -0.15) is 0 Å². The molecule has 0 heterocycles. The third-order valence-corrected chi connectivity index (χ3v) is 5.08. The number of ether oxygens (including phenoxy) is 2. The molecule has 0 saturated heterocycles. The lowest BCUT2D eigenvalue weighted by Gasteiger charge is -2.24. The Labute approximate surface area is 137 Å². The summed E-state index contributed by atoms with van der Waals surface area (Å²) in [6, 6.07) is 6.09. The molecule has 1 aromatic rings. The van der Waals surface area contributed by atoms with Crippen molar-refractivity contribution in [2.45, 2.75) is 55.2 Å². The second-order valence-electron chi connectivity index (χ2n) is 5.62. The Morgan fingerprint density at radius 3 is 2.50 bits per heavy atom. The fourth-order valence-electron chi connectivity index (χ4n) is 2.71. The van der Waals surface area contributed by atoms with E-state index in [4.69, 9.17) is 9.47 Å². The number of amides is 1. The Balaban J connectivity index is 1.92. The Bertz CT molecular complexity index is 501. The highest BCUT2D eigenvalue weighted by molar-refractivity contribution is 8.00.